The predicted octanol–water partition coefficient (Wildman–Crippen LogP) is 15.2. The zero-order valence-electron chi connectivity index (χ0n) is 55.4. The molecule has 0 aromatic rings. The number of carbonyl (C=O) groups is 6. The van der Waals surface area contributed by atoms with E-state index < -0.39 is 0 Å². The molecule has 480 valence electrons. The Balaban J connectivity index is 0.000000126. The lowest BCUT2D eigenvalue weighted by Gasteiger charge is -2.59. The Labute approximate surface area is 518 Å². The summed E-state index contributed by atoms with van der Waals surface area (Å²) in [6.07, 6.45) is 34.7. The average Bonchev–Trinajstić information content (AvgIpc) is 1.42. The third-order valence-corrected chi connectivity index (χ3v) is 30.8. The molecule has 14 aliphatic rings. The highest BCUT2D eigenvalue weighted by atomic mass is 16.6. The maximum absolute atomic E-state index is 13.5. The largest absolute Gasteiger partial charge is 0.469 e. The fourth-order valence-electron chi connectivity index (χ4n) is 25.8. The number of carbonyl (C=O) groups excluding carboxylic acids is 6. The van der Waals surface area contributed by atoms with Gasteiger partial charge in [-0.25, -0.2) is 0 Å². The van der Waals surface area contributed by atoms with Gasteiger partial charge in [0.1, 0.15) is 17.3 Å². The fourth-order valence-corrected chi connectivity index (χ4v) is 25.8. The second kappa shape index (κ2) is 23.6. The molecule has 11 saturated carbocycles. The first kappa shape index (κ1) is 63.2. The molecule has 11 heteroatoms. The van der Waals surface area contributed by atoms with Crippen LogP contribution in [0.4, 0.5) is 0 Å². The van der Waals surface area contributed by atoms with Crippen LogP contribution in [-0.2, 0) is 52.5 Å². The van der Waals surface area contributed by atoms with E-state index in [0.29, 0.717) is 166 Å². The summed E-state index contributed by atoms with van der Waals surface area (Å²) in [6.45, 7) is 21.9. The molecular weight excluding hydrogens is 1080 g/mol. The Morgan fingerprint density at radius 3 is 1.33 bits per heavy atom. The lowest BCUT2D eigenvalue weighted by Crippen LogP contribution is -2.57. The van der Waals surface area contributed by atoms with Gasteiger partial charge in [0.2, 0.25) is 0 Å². The summed E-state index contributed by atoms with van der Waals surface area (Å²) in [7, 11) is 4.43. The summed E-state index contributed by atoms with van der Waals surface area (Å²) in [4.78, 5) is 75.2. The van der Waals surface area contributed by atoms with Crippen LogP contribution in [0.2, 0.25) is 0 Å². The highest BCUT2D eigenvalue weighted by Crippen LogP contribution is 2.72. The van der Waals surface area contributed by atoms with Crippen LogP contribution in [0.5, 0.6) is 0 Å². The molecule has 0 aromatic heterocycles. The highest BCUT2D eigenvalue weighted by molar-refractivity contribution is 5.85. The Bertz CT molecular complexity index is 2560. The molecule has 9 unspecified atom stereocenters. The monoisotopic (exact) mass is 1190 g/mol. The van der Waals surface area contributed by atoms with Gasteiger partial charge in [0.15, 0.2) is 0 Å². The molecule has 2 heterocycles. The molecule has 0 amide bonds. The van der Waals surface area contributed by atoms with E-state index in [0.717, 1.165) is 57.8 Å². The zero-order chi connectivity index (χ0) is 61.2. The van der Waals surface area contributed by atoms with Crippen molar-refractivity contribution in [2.45, 2.75) is 260 Å². The molecule has 2 aliphatic heterocycles. The van der Waals surface area contributed by atoms with E-state index in [4.69, 9.17) is 23.7 Å². The van der Waals surface area contributed by atoms with Gasteiger partial charge in [-0.05, 0) is 250 Å². The summed E-state index contributed by atoms with van der Waals surface area (Å²) in [5.41, 5.74) is 1.69. The van der Waals surface area contributed by atoms with Gasteiger partial charge < -0.3 is 23.7 Å². The molecule has 13 fully saturated rings. The fraction of sp³-hybridized carbons (Fsp3) is 0.893. The Hall–Kier alpha value is -2.92. The molecule has 0 N–H and O–H groups in total. The topological polar surface area (TPSA) is 155 Å². The van der Waals surface area contributed by atoms with Crippen molar-refractivity contribution in [3.8, 4) is 0 Å². The van der Waals surface area contributed by atoms with E-state index in [1.807, 2.05) is 0 Å². The predicted molar refractivity (Wildman–Crippen MR) is 331 cm³/mol. The number of ketones is 3. The summed E-state index contributed by atoms with van der Waals surface area (Å²) < 4.78 is 26.4. The van der Waals surface area contributed by atoms with Crippen molar-refractivity contribution in [3.05, 3.63) is 12.2 Å². The molecule has 0 radical (unpaired) electrons. The Morgan fingerprint density at radius 1 is 0.453 bits per heavy atom. The van der Waals surface area contributed by atoms with Gasteiger partial charge in [-0.3, -0.25) is 28.8 Å². The van der Waals surface area contributed by atoms with Crippen LogP contribution in [0.25, 0.3) is 0 Å². The minimum absolute atomic E-state index is 0.0953. The molecule has 14 rings (SSSR count). The van der Waals surface area contributed by atoms with E-state index >= 15 is 0 Å². The molecule has 0 spiro atoms. The number of ether oxygens (including phenoxy) is 5. The first-order valence-electron chi connectivity index (χ1n) is 35.6. The van der Waals surface area contributed by atoms with E-state index in [1.54, 1.807) is 0 Å². The number of methoxy groups -OCH3 is 3. The lowest BCUT2D eigenvalue weighted by molar-refractivity contribution is -0.156. The van der Waals surface area contributed by atoms with Gasteiger partial charge in [0, 0.05) is 62.2 Å². The number of fused-ring (bicyclic) bond motifs is 18. The quantitative estimate of drug-likeness (QED) is 0.0793. The van der Waals surface area contributed by atoms with E-state index in [2.05, 4.69) is 74.5 Å². The van der Waals surface area contributed by atoms with Crippen LogP contribution in [-0.4, -0.2) is 81.0 Å². The third-order valence-electron chi connectivity index (χ3n) is 30.8. The van der Waals surface area contributed by atoms with Crippen LogP contribution in [0.1, 0.15) is 236 Å². The summed E-state index contributed by atoms with van der Waals surface area (Å²) in [6, 6.07) is 0. The molecule has 28 atom stereocenters. The van der Waals surface area contributed by atoms with Crippen LogP contribution in [0, 0.1) is 139 Å². The van der Waals surface area contributed by atoms with Gasteiger partial charge in [-0.1, -0.05) is 74.5 Å². The van der Waals surface area contributed by atoms with Gasteiger partial charge in [-0.2, -0.15) is 0 Å². The van der Waals surface area contributed by atoms with Crippen molar-refractivity contribution >= 4 is 35.3 Å². The molecule has 0 aromatic carbocycles. The van der Waals surface area contributed by atoms with Crippen molar-refractivity contribution in [3.63, 3.8) is 0 Å². The smallest absolute Gasteiger partial charge is 0.305 e. The van der Waals surface area contributed by atoms with Crippen molar-refractivity contribution in [1.29, 1.82) is 0 Å². The van der Waals surface area contributed by atoms with Crippen LogP contribution in [0.3, 0.4) is 0 Å². The second-order valence-electron chi connectivity index (χ2n) is 33.9. The van der Waals surface area contributed by atoms with Crippen LogP contribution >= 0.6 is 0 Å². The number of hydrogen-bond donors (Lipinski definition) is 0. The summed E-state index contributed by atoms with van der Waals surface area (Å²) in [5.74, 6) is 10.5. The van der Waals surface area contributed by atoms with E-state index in [-0.39, 0.29) is 51.9 Å². The van der Waals surface area contributed by atoms with Crippen LogP contribution < -0.4 is 0 Å². The van der Waals surface area contributed by atoms with E-state index in [9.17, 15) is 28.8 Å². The highest BCUT2D eigenvalue weighted by Gasteiger charge is 2.69. The number of allylic oxidation sites excluding steroid dienone is 2. The molecule has 11 nitrogen and oxygen atoms in total. The SMILES string of the molecule is COC(=O)CC[C@@H](C)[C@H]1CCC2C3C(=O)C[C@@H]4CC=CC[C@]4(C)C3CC[C@@]21C.COC(=O)CC[C@@H](C)[C@H]1CCC2C3C(=O)C[C@@H]4C[C@H]5O[C@H]5C[C@]4(C)C3CC[C@@]21C.COC(=O)CC[C@@H](C)[C@H]1CCC2C3C(=O)C[C@@H]4[C@H]5O[C@H]5CC[C@]4(C)C3CC[C@@]21C. The lowest BCUT2D eigenvalue weighted by atomic mass is 9.44. The minimum atomic E-state index is -0.0976. The zero-order valence-corrected chi connectivity index (χ0v) is 55.4. The van der Waals surface area contributed by atoms with Crippen molar-refractivity contribution < 1.29 is 52.5 Å². The molecule has 2 saturated heterocycles. The summed E-state index contributed by atoms with van der Waals surface area (Å²) >= 11 is 0. The normalized spacial score (nSPS) is 49.5. The maximum Gasteiger partial charge on any atom is 0.305 e. The number of hydrogen-bond acceptors (Lipinski definition) is 11. The van der Waals surface area contributed by atoms with Gasteiger partial charge >= 0.3 is 17.9 Å². The number of epoxide rings is 2. The van der Waals surface area contributed by atoms with Gasteiger partial charge in [0.25, 0.3) is 0 Å². The standard InChI is InChI=1S/2C25H38O4.C25H38O3/c1-14(5-8-21(27)28-4)15-6-7-16-22-17(9-11-24(15,16)2)25(3)12-10-20-23(29-20)18(25)13-19(22)26;1-14(5-8-22(27)28-4)16-6-7-17-23-18(9-10-24(16,17)2)25(3)13-21-20(29-21)12-15(25)11-19(23)26;1-16(8-11-22(27)28-4)18-9-10-19-23-20(12-14-25(18,19)3)24(2)13-6-5-7-17(24)15-21(23)26/h14-18,20,22-23H,5-13H2,1-4H3;14-18,20-21,23H,5-13H2,1-4H3;5-6,16-20,23H,7-15H2,1-4H3/t14-,15-,16?,17?,18-,20+,22?,23-,24-,25-;14-,15-,16-,17?,18?,20-,21+,23?,24-,25+;16-,17+,18-,19?,20?,23?,24+,25-/m111/s1. The van der Waals surface area contributed by atoms with Crippen molar-refractivity contribution in [1.82, 2.24) is 0 Å². The van der Waals surface area contributed by atoms with Crippen LogP contribution in [0.15, 0.2) is 12.2 Å². The molecule has 0 bridgehead atoms. The van der Waals surface area contributed by atoms with E-state index in [1.165, 1.54) is 118 Å². The summed E-state index contributed by atoms with van der Waals surface area (Å²) in [5, 5.41) is 0. The number of Topliss-reactive ketones (excluding diaryl/α,β-unsaturated/α-hetero) is 3. The number of rotatable bonds is 12. The number of esters is 3. The Morgan fingerprint density at radius 2 is 0.860 bits per heavy atom. The van der Waals surface area contributed by atoms with Crippen molar-refractivity contribution in [2.75, 3.05) is 21.3 Å². The average molecular weight is 1190 g/mol. The first-order valence-corrected chi connectivity index (χ1v) is 35.6. The molecule has 86 heavy (non-hydrogen) atoms. The van der Waals surface area contributed by atoms with Gasteiger partial charge in [0.05, 0.1) is 45.7 Å². The molecule has 12 aliphatic carbocycles. The molecular formula is C75H114O11. The first-order chi connectivity index (χ1) is 40.9. The van der Waals surface area contributed by atoms with Crippen molar-refractivity contribution in [2.24, 2.45) is 139 Å². The minimum Gasteiger partial charge on any atom is -0.469 e. The third kappa shape index (κ3) is 10.5. The Kier molecular flexibility index (Phi) is 17.4. The van der Waals surface area contributed by atoms with Gasteiger partial charge in [-0.15, -0.1) is 0 Å². The second-order valence-corrected chi connectivity index (χ2v) is 33.9. The maximum atomic E-state index is 13.5.